The van der Waals surface area contributed by atoms with Crippen LogP contribution in [-0.4, -0.2) is 25.1 Å². The van der Waals surface area contributed by atoms with Crippen molar-refractivity contribution in [3.05, 3.63) is 62.9 Å². The summed E-state index contributed by atoms with van der Waals surface area (Å²) in [4.78, 5) is 16.5. The van der Waals surface area contributed by atoms with Gasteiger partial charge in [0.15, 0.2) is 17.2 Å². The van der Waals surface area contributed by atoms with Crippen molar-refractivity contribution in [2.45, 2.75) is 20.0 Å². The Labute approximate surface area is 165 Å². The van der Waals surface area contributed by atoms with Crippen LogP contribution in [0.2, 0.25) is 0 Å². The number of halogens is 1. The number of hydrogen-bond donors (Lipinski definition) is 0. The molecule has 0 saturated carbocycles. The second-order valence-electron chi connectivity index (χ2n) is 5.92. The average molecular weight is 463 g/mol. The van der Waals surface area contributed by atoms with E-state index in [0.29, 0.717) is 17.4 Å². The first-order valence-electron chi connectivity index (χ1n) is 8.09. The van der Waals surface area contributed by atoms with Crippen LogP contribution in [0.5, 0.6) is 11.5 Å². The minimum absolute atomic E-state index is 0.0405. The summed E-state index contributed by atoms with van der Waals surface area (Å²) in [6.07, 6.45) is 1.71. The average Bonchev–Trinajstić information content (AvgIpc) is 2.96. The van der Waals surface area contributed by atoms with Gasteiger partial charge in [-0.1, -0.05) is 12.1 Å². The molecule has 0 bridgehead atoms. The Kier molecular flexibility index (Phi) is 5.61. The van der Waals surface area contributed by atoms with Crippen molar-refractivity contribution in [1.29, 1.82) is 0 Å². The minimum atomic E-state index is -0.472. The van der Waals surface area contributed by atoms with E-state index in [2.05, 4.69) is 27.6 Å². The van der Waals surface area contributed by atoms with Crippen molar-refractivity contribution in [2.75, 3.05) is 7.11 Å². The van der Waals surface area contributed by atoms with Crippen molar-refractivity contribution in [3.8, 4) is 11.5 Å². The van der Waals surface area contributed by atoms with E-state index in [4.69, 9.17) is 14.2 Å². The molecule has 0 N–H and O–H groups in total. The first kappa shape index (κ1) is 18.4. The van der Waals surface area contributed by atoms with E-state index in [1.165, 1.54) is 0 Å². The molecule has 2 aromatic carbocycles. The molecular weight excluding hydrogens is 445 g/mol. The Morgan fingerprint density at radius 2 is 1.96 bits per heavy atom. The summed E-state index contributed by atoms with van der Waals surface area (Å²) in [5, 5.41) is 0. The van der Waals surface area contributed by atoms with Gasteiger partial charge >= 0.3 is 5.97 Å². The molecule has 0 aliphatic carbocycles. The fraction of sp³-hybridized carbons (Fsp3) is 0.200. The molecular formula is C20H18INO4. The number of benzene rings is 2. The van der Waals surface area contributed by atoms with Gasteiger partial charge in [0.2, 0.25) is 5.90 Å². The molecule has 5 nitrogen and oxygen atoms in total. The normalized spacial score (nSPS) is 15.2. The van der Waals surface area contributed by atoms with Crippen LogP contribution >= 0.6 is 22.6 Å². The van der Waals surface area contributed by atoms with Crippen LogP contribution in [0.3, 0.4) is 0 Å². The molecule has 0 saturated heterocycles. The standard InChI is InChI=1S/C20H18INO4/c1-12(2)25-17-8-7-13(10-18(17)24-3)9-16-20(23)26-19(22-16)14-5-4-6-15(21)11-14/h4-12H,1-3H3/b16-9+. The highest BCUT2D eigenvalue weighted by molar-refractivity contribution is 14.1. The van der Waals surface area contributed by atoms with E-state index in [1.54, 1.807) is 19.3 Å². The van der Waals surface area contributed by atoms with Gasteiger partial charge in [0, 0.05) is 9.13 Å². The maximum Gasteiger partial charge on any atom is 0.363 e. The maximum atomic E-state index is 12.2. The zero-order valence-electron chi connectivity index (χ0n) is 14.7. The van der Waals surface area contributed by atoms with Crippen LogP contribution in [-0.2, 0) is 9.53 Å². The molecule has 1 heterocycles. The molecule has 2 aromatic rings. The Hall–Kier alpha value is -2.35. The van der Waals surface area contributed by atoms with Crippen LogP contribution in [0.15, 0.2) is 53.2 Å². The molecule has 0 fully saturated rings. The van der Waals surface area contributed by atoms with Crippen LogP contribution in [0.1, 0.15) is 25.0 Å². The Morgan fingerprint density at radius 3 is 2.65 bits per heavy atom. The van der Waals surface area contributed by atoms with Crippen molar-refractivity contribution < 1.29 is 19.0 Å². The molecule has 0 atom stereocenters. The largest absolute Gasteiger partial charge is 0.493 e. The lowest BCUT2D eigenvalue weighted by Crippen LogP contribution is -2.06. The van der Waals surface area contributed by atoms with Crippen molar-refractivity contribution in [2.24, 2.45) is 4.99 Å². The Bertz CT molecular complexity index is 902. The number of rotatable bonds is 5. The third-order valence-corrected chi connectivity index (χ3v) is 4.22. The number of carbonyl (C=O) groups excluding carboxylic acids is 1. The molecule has 0 unspecified atom stereocenters. The fourth-order valence-corrected chi connectivity index (χ4v) is 2.98. The summed E-state index contributed by atoms with van der Waals surface area (Å²) in [5.41, 5.74) is 1.79. The van der Waals surface area contributed by atoms with Gasteiger partial charge in [-0.3, -0.25) is 0 Å². The lowest BCUT2D eigenvalue weighted by molar-refractivity contribution is -0.129. The van der Waals surface area contributed by atoms with Crippen LogP contribution in [0, 0.1) is 3.57 Å². The third kappa shape index (κ3) is 4.24. The van der Waals surface area contributed by atoms with E-state index in [1.807, 2.05) is 50.2 Å². The highest BCUT2D eigenvalue weighted by Gasteiger charge is 2.24. The van der Waals surface area contributed by atoms with Crippen LogP contribution in [0.4, 0.5) is 0 Å². The number of carbonyl (C=O) groups is 1. The molecule has 1 aliphatic heterocycles. The maximum absolute atomic E-state index is 12.2. The summed E-state index contributed by atoms with van der Waals surface area (Å²) in [6.45, 7) is 3.90. The number of ether oxygens (including phenoxy) is 3. The first-order chi connectivity index (χ1) is 12.5. The molecule has 0 amide bonds. The van der Waals surface area contributed by atoms with Crippen molar-refractivity contribution in [3.63, 3.8) is 0 Å². The summed E-state index contributed by atoms with van der Waals surface area (Å²) in [6, 6.07) is 13.1. The highest BCUT2D eigenvalue weighted by atomic mass is 127. The summed E-state index contributed by atoms with van der Waals surface area (Å²) in [7, 11) is 1.58. The smallest absolute Gasteiger partial charge is 0.363 e. The Balaban J connectivity index is 1.90. The third-order valence-electron chi connectivity index (χ3n) is 3.55. The van der Waals surface area contributed by atoms with Crippen LogP contribution in [0.25, 0.3) is 6.08 Å². The lowest BCUT2D eigenvalue weighted by Gasteiger charge is -2.13. The van der Waals surface area contributed by atoms with E-state index in [-0.39, 0.29) is 11.8 Å². The van der Waals surface area contributed by atoms with Gasteiger partial charge in [-0.25, -0.2) is 9.79 Å². The molecule has 0 radical (unpaired) electrons. The molecule has 6 heteroatoms. The predicted octanol–water partition coefficient (Wildman–Crippen LogP) is 4.43. The second-order valence-corrected chi connectivity index (χ2v) is 7.17. The summed E-state index contributed by atoms with van der Waals surface area (Å²) >= 11 is 2.20. The minimum Gasteiger partial charge on any atom is -0.493 e. The molecule has 26 heavy (non-hydrogen) atoms. The molecule has 0 aromatic heterocycles. The topological polar surface area (TPSA) is 57.1 Å². The number of nitrogens with zero attached hydrogens (tertiary/aromatic N) is 1. The van der Waals surface area contributed by atoms with Gasteiger partial charge in [0.25, 0.3) is 0 Å². The van der Waals surface area contributed by atoms with E-state index >= 15 is 0 Å². The first-order valence-corrected chi connectivity index (χ1v) is 9.17. The molecule has 134 valence electrons. The van der Waals surface area contributed by atoms with Gasteiger partial charge in [0.1, 0.15) is 0 Å². The zero-order chi connectivity index (χ0) is 18.7. The second kappa shape index (κ2) is 7.90. The number of esters is 1. The predicted molar refractivity (Wildman–Crippen MR) is 109 cm³/mol. The molecule has 1 aliphatic rings. The van der Waals surface area contributed by atoms with Crippen molar-refractivity contribution >= 4 is 40.5 Å². The molecule has 3 rings (SSSR count). The number of hydrogen-bond acceptors (Lipinski definition) is 5. The Morgan fingerprint density at radius 1 is 1.15 bits per heavy atom. The monoisotopic (exact) mass is 463 g/mol. The van der Waals surface area contributed by atoms with E-state index in [0.717, 1.165) is 14.7 Å². The summed E-state index contributed by atoms with van der Waals surface area (Å²) < 4.78 is 17.4. The summed E-state index contributed by atoms with van der Waals surface area (Å²) in [5.74, 6) is 1.09. The number of aliphatic imine (C=N–C) groups is 1. The van der Waals surface area contributed by atoms with Gasteiger partial charge < -0.3 is 14.2 Å². The van der Waals surface area contributed by atoms with Crippen LogP contribution < -0.4 is 9.47 Å². The van der Waals surface area contributed by atoms with Gasteiger partial charge in [0.05, 0.1) is 13.2 Å². The number of methoxy groups -OCH3 is 1. The van der Waals surface area contributed by atoms with Gasteiger partial charge in [-0.2, -0.15) is 0 Å². The SMILES string of the molecule is COc1cc(/C=C2/N=C(c3cccc(I)c3)OC2=O)ccc1OC(C)C. The van der Waals surface area contributed by atoms with E-state index < -0.39 is 5.97 Å². The van der Waals surface area contributed by atoms with Gasteiger partial charge in [-0.05, 0) is 78.4 Å². The zero-order valence-corrected chi connectivity index (χ0v) is 16.8. The lowest BCUT2D eigenvalue weighted by atomic mass is 10.1. The highest BCUT2D eigenvalue weighted by Crippen LogP contribution is 2.30. The van der Waals surface area contributed by atoms with E-state index in [9.17, 15) is 4.79 Å². The van der Waals surface area contributed by atoms with Crippen molar-refractivity contribution in [1.82, 2.24) is 0 Å². The quantitative estimate of drug-likeness (QED) is 0.374. The molecule has 0 spiro atoms. The fourth-order valence-electron chi connectivity index (χ4n) is 2.44. The van der Waals surface area contributed by atoms with Gasteiger partial charge in [-0.15, -0.1) is 0 Å². The number of cyclic esters (lactones) is 1.